The lowest BCUT2D eigenvalue weighted by Gasteiger charge is -2.36. The van der Waals surface area contributed by atoms with E-state index in [1.807, 2.05) is 25.7 Å². The van der Waals surface area contributed by atoms with Gasteiger partial charge >= 0.3 is 0 Å². The van der Waals surface area contributed by atoms with Crippen molar-refractivity contribution in [2.75, 3.05) is 13.1 Å². The van der Waals surface area contributed by atoms with Gasteiger partial charge < -0.3 is 10.6 Å². The van der Waals surface area contributed by atoms with Crippen LogP contribution in [0.3, 0.4) is 0 Å². The maximum absolute atomic E-state index is 12.5. The first-order valence-corrected chi connectivity index (χ1v) is 8.10. The van der Waals surface area contributed by atoms with Gasteiger partial charge in [-0.15, -0.1) is 0 Å². The van der Waals surface area contributed by atoms with E-state index in [1.54, 1.807) is 13.0 Å². The molecule has 0 aliphatic carbocycles. The Bertz CT molecular complexity index is 607. The van der Waals surface area contributed by atoms with Crippen molar-refractivity contribution >= 4 is 11.8 Å². The number of carbonyl (C=O) groups excluding carboxylic acids is 2. The fourth-order valence-corrected chi connectivity index (χ4v) is 3.05. The van der Waals surface area contributed by atoms with Crippen molar-refractivity contribution in [3.05, 3.63) is 23.3 Å². The number of primary amides is 1. The smallest absolute Gasteiger partial charge is 0.267 e. The van der Waals surface area contributed by atoms with Gasteiger partial charge in [0, 0.05) is 24.2 Å². The van der Waals surface area contributed by atoms with Crippen LogP contribution in [0.1, 0.15) is 55.6 Å². The Morgan fingerprint density at radius 1 is 1.35 bits per heavy atom. The lowest BCUT2D eigenvalue weighted by Crippen LogP contribution is -2.45. The van der Waals surface area contributed by atoms with Gasteiger partial charge in [0.05, 0.1) is 0 Å². The maximum atomic E-state index is 12.5. The fourth-order valence-electron chi connectivity index (χ4n) is 3.05. The van der Waals surface area contributed by atoms with Gasteiger partial charge in [-0.1, -0.05) is 20.8 Å². The van der Waals surface area contributed by atoms with E-state index in [0.29, 0.717) is 11.7 Å². The van der Waals surface area contributed by atoms with E-state index in [9.17, 15) is 9.59 Å². The number of hydrogen-bond acceptors (Lipinski definition) is 4. The van der Waals surface area contributed by atoms with Crippen molar-refractivity contribution in [1.29, 1.82) is 0 Å². The molecular formula is C17H26N4O2. The molecule has 0 radical (unpaired) electrons. The summed E-state index contributed by atoms with van der Waals surface area (Å²) in [7, 11) is 0. The van der Waals surface area contributed by atoms with Gasteiger partial charge in [-0.25, -0.2) is 9.97 Å². The normalized spacial score (nSPS) is 18.8. The molecule has 23 heavy (non-hydrogen) atoms. The van der Waals surface area contributed by atoms with Crippen molar-refractivity contribution in [3.8, 4) is 0 Å². The molecule has 6 nitrogen and oxygen atoms in total. The zero-order chi connectivity index (χ0) is 17.2. The summed E-state index contributed by atoms with van der Waals surface area (Å²) < 4.78 is 0. The summed E-state index contributed by atoms with van der Waals surface area (Å²) >= 11 is 0. The van der Waals surface area contributed by atoms with Crippen LogP contribution in [0.5, 0.6) is 0 Å². The molecule has 1 atom stereocenters. The lowest BCUT2D eigenvalue weighted by atomic mass is 9.89. The number of hydrogen-bond donors (Lipinski definition) is 1. The minimum Gasteiger partial charge on any atom is -0.364 e. The summed E-state index contributed by atoms with van der Waals surface area (Å²) in [4.78, 5) is 34.2. The third-order valence-corrected chi connectivity index (χ3v) is 4.09. The second-order valence-electron chi connectivity index (χ2n) is 7.37. The lowest BCUT2D eigenvalue weighted by molar-refractivity contribution is -0.141. The van der Waals surface area contributed by atoms with E-state index >= 15 is 0 Å². The van der Waals surface area contributed by atoms with Crippen molar-refractivity contribution in [2.24, 2.45) is 17.1 Å². The Balaban J connectivity index is 2.09. The predicted octanol–water partition coefficient (Wildman–Crippen LogP) is 1.71. The van der Waals surface area contributed by atoms with Crippen LogP contribution in [-0.4, -0.2) is 39.8 Å². The van der Waals surface area contributed by atoms with Gasteiger partial charge in [0.15, 0.2) is 0 Å². The van der Waals surface area contributed by atoms with E-state index in [1.165, 1.54) is 0 Å². The molecule has 2 N–H and O–H groups in total. The molecular weight excluding hydrogens is 292 g/mol. The molecule has 0 unspecified atom stereocenters. The maximum Gasteiger partial charge on any atom is 0.267 e. The number of aryl methyl sites for hydroxylation is 1. The molecule has 2 heterocycles. The van der Waals surface area contributed by atoms with Crippen LogP contribution in [0.2, 0.25) is 0 Å². The number of nitrogens with two attached hydrogens (primary N) is 1. The third kappa shape index (κ3) is 4.50. The number of aromatic nitrogens is 2. The number of amides is 2. The van der Waals surface area contributed by atoms with Gasteiger partial charge in [0.1, 0.15) is 11.5 Å². The molecule has 1 saturated heterocycles. The van der Waals surface area contributed by atoms with E-state index < -0.39 is 5.91 Å². The van der Waals surface area contributed by atoms with Crippen molar-refractivity contribution in [2.45, 2.75) is 47.0 Å². The standard InChI is InChI=1S/C17H26N4O2/c1-11-19-13(9-14(20-11)15(18)22)8-12-6-5-7-21(10-12)16(23)17(2,3)4/h9,12H,5-8,10H2,1-4H3,(H2,18,22)/t12-/m0/s1. The molecule has 0 spiro atoms. The molecule has 2 rings (SSSR count). The number of nitrogens with zero attached hydrogens (tertiary/aromatic N) is 3. The first-order valence-electron chi connectivity index (χ1n) is 8.10. The van der Waals surface area contributed by atoms with Crippen molar-refractivity contribution in [1.82, 2.24) is 14.9 Å². The Morgan fingerprint density at radius 2 is 2.04 bits per heavy atom. The molecule has 1 aliphatic rings. The van der Waals surface area contributed by atoms with Crippen molar-refractivity contribution < 1.29 is 9.59 Å². The highest BCUT2D eigenvalue weighted by Gasteiger charge is 2.31. The van der Waals surface area contributed by atoms with Crippen LogP contribution in [-0.2, 0) is 11.2 Å². The molecule has 126 valence electrons. The van der Waals surface area contributed by atoms with Crippen LogP contribution in [0, 0.1) is 18.3 Å². The Labute approximate surface area is 137 Å². The number of carbonyl (C=O) groups is 2. The number of piperidine rings is 1. The monoisotopic (exact) mass is 318 g/mol. The summed E-state index contributed by atoms with van der Waals surface area (Å²) in [6, 6.07) is 1.67. The third-order valence-electron chi connectivity index (χ3n) is 4.09. The average Bonchev–Trinajstić information content (AvgIpc) is 2.45. The number of likely N-dealkylation sites (tertiary alicyclic amines) is 1. The Kier molecular flexibility index (Phi) is 5.02. The topological polar surface area (TPSA) is 89.2 Å². The van der Waals surface area contributed by atoms with Crippen LogP contribution in [0.4, 0.5) is 0 Å². The molecule has 1 aliphatic heterocycles. The largest absolute Gasteiger partial charge is 0.364 e. The molecule has 0 aromatic carbocycles. The van der Waals surface area contributed by atoms with E-state index in [0.717, 1.165) is 38.0 Å². The molecule has 2 amide bonds. The predicted molar refractivity (Wildman–Crippen MR) is 87.7 cm³/mol. The number of rotatable bonds is 3. The fraction of sp³-hybridized carbons (Fsp3) is 0.647. The van der Waals surface area contributed by atoms with Crippen LogP contribution >= 0.6 is 0 Å². The first-order chi connectivity index (χ1) is 10.7. The quantitative estimate of drug-likeness (QED) is 0.918. The van der Waals surface area contributed by atoms with Gasteiger partial charge in [-0.2, -0.15) is 0 Å². The highest BCUT2D eigenvalue weighted by molar-refractivity contribution is 5.90. The summed E-state index contributed by atoms with van der Waals surface area (Å²) in [6.07, 6.45) is 2.79. The summed E-state index contributed by atoms with van der Waals surface area (Å²) in [5, 5.41) is 0. The zero-order valence-electron chi connectivity index (χ0n) is 14.4. The summed E-state index contributed by atoms with van der Waals surface area (Å²) in [5.74, 6) is 0.559. The molecule has 0 saturated carbocycles. The zero-order valence-corrected chi connectivity index (χ0v) is 14.4. The molecule has 1 aromatic heterocycles. The van der Waals surface area contributed by atoms with Gasteiger partial charge in [0.25, 0.3) is 5.91 Å². The summed E-state index contributed by atoms with van der Waals surface area (Å²) in [5.41, 5.74) is 6.03. The van der Waals surface area contributed by atoms with Crippen LogP contribution in [0.15, 0.2) is 6.07 Å². The Morgan fingerprint density at radius 3 is 2.65 bits per heavy atom. The average molecular weight is 318 g/mol. The summed E-state index contributed by atoms with van der Waals surface area (Å²) in [6.45, 7) is 9.17. The SMILES string of the molecule is Cc1nc(C[C@@H]2CCCN(C(=O)C(C)(C)C)C2)cc(C(N)=O)n1. The Hall–Kier alpha value is -1.98. The molecule has 1 aromatic rings. The van der Waals surface area contributed by atoms with E-state index in [4.69, 9.17) is 5.73 Å². The first kappa shape index (κ1) is 17.4. The van der Waals surface area contributed by atoms with Gasteiger partial charge in [-0.05, 0) is 38.2 Å². The molecule has 0 bridgehead atoms. The van der Waals surface area contributed by atoms with Gasteiger partial charge in [0.2, 0.25) is 5.91 Å². The molecule has 1 fully saturated rings. The van der Waals surface area contributed by atoms with E-state index in [2.05, 4.69) is 9.97 Å². The minimum absolute atomic E-state index is 0.193. The highest BCUT2D eigenvalue weighted by Crippen LogP contribution is 2.25. The van der Waals surface area contributed by atoms with E-state index in [-0.39, 0.29) is 17.0 Å². The molecule has 6 heteroatoms. The van der Waals surface area contributed by atoms with Crippen LogP contribution in [0.25, 0.3) is 0 Å². The second kappa shape index (κ2) is 6.64. The highest BCUT2D eigenvalue weighted by atomic mass is 16.2. The minimum atomic E-state index is -0.537. The van der Waals surface area contributed by atoms with Crippen molar-refractivity contribution in [3.63, 3.8) is 0 Å². The van der Waals surface area contributed by atoms with Gasteiger partial charge in [-0.3, -0.25) is 9.59 Å². The van der Waals surface area contributed by atoms with Crippen LogP contribution < -0.4 is 5.73 Å². The second-order valence-corrected chi connectivity index (χ2v) is 7.37.